The van der Waals surface area contributed by atoms with Crippen molar-refractivity contribution in [2.45, 2.75) is 43.4 Å². The molecule has 2 aliphatic heterocycles. The molecule has 4 heteroatoms. The van der Waals surface area contributed by atoms with E-state index in [0.717, 1.165) is 32.9 Å². The molecule has 4 rings (SSSR count). The van der Waals surface area contributed by atoms with E-state index >= 15 is 0 Å². The van der Waals surface area contributed by atoms with Gasteiger partial charge in [0.05, 0.1) is 10.8 Å². The lowest BCUT2D eigenvalue weighted by Gasteiger charge is -2.22. The van der Waals surface area contributed by atoms with Crippen LogP contribution >= 0.6 is 0 Å². The van der Waals surface area contributed by atoms with Crippen LogP contribution in [0.15, 0.2) is 46.4 Å². The second-order valence-corrected chi connectivity index (χ2v) is 8.13. The van der Waals surface area contributed by atoms with Crippen molar-refractivity contribution in [1.82, 2.24) is 0 Å². The molecule has 3 atom stereocenters. The summed E-state index contributed by atoms with van der Waals surface area (Å²) in [6.45, 7) is 8.25. The van der Waals surface area contributed by atoms with E-state index in [1.54, 1.807) is 0 Å². The average Bonchev–Trinajstić information content (AvgIpc) is 2.94. The van der Waals surface area contributed by atoms with Gasteiger partial charge in [-0.1, -0.05) is 41.1 Å². The van der Waals surface area contributed by atoms with Gasteiger partial charge in [0, 0.05) is 16.0 Å². The molecule has 0 saturated heterocycles. The Morgan fingerprint density at radius 3 is 2.48 bits per heavy atom. The molecule has 118 valence electrons. The van der Waals surface area contributed by atoms with Crippen LogP contribution in [0, 0.1) is 20.8 Å². The molecular formula is C19H19NO2S. The van der Waals surface area contributed by atoms with Crippen molar-refractivity contribution in [3.05, 3.63) is 64.2 Å². The summed E-state index contributed by atoms with van der Waals surface area (Å²) in [5.74, 6) is 0. The third kappa shape index (κ3) is 1.88. The van der Waals surface area contributed by atoms with Gasteiger partial charge >= 0.3 is 0 Å². The molecule has 3 nitrogen and oxygen atoms in total. The molecule has 0 saturated carbocycles. The van der Waals surface area contributed by atoms with E-state index in [9.17, 15) is 4.21 Å². The number of benzene rings is 2. The number of fused-ring (bicyclic) bond motifs is 3. The number of nitrogens with zero attached hydrogens (tertiary/aromatic N) is 1. The fourth-order valence-electron chi connectivity index (χ4n) is 3.94. The number of hydrogen-bond acceptors (Lipinski definition) is 3. The van der Waals surface area contributed by atoms with Gasteiger partial charge in [-0.2, -0.15) is 0 Å². The summed E-state index contributed by atoms with van der Waals surface area (Å²) in [5, 5.41) is 4.14. The van der Waals surface area contributed by atoms with E-state index in [1.165, 1.54) is 5.56 Å². The molecule has 2 aromatic rings. The molecule has 23 heavy (non-hydrogen) atoms. The second kappa shape index (κ2) is 4.78. The van der Waals surface area contributed by atoms with E-state index in [-0.39, 0.29) is 5.25 Å². The average molecular weight is 325 g/mol. The number of oxime groups is 1. The molecular weight excluding hydrogens is 306 g/mol. The smallest absolute Gasteiger partial charge is 0.181 e. The van der Waals surface area contributed by atoms with Gasteiger partial charge in [-0.05, 0) is 44.9 Å². The van der Waals surface area contributed by atoms with E-state index in [4.69, 9.17) is 4.84 Å². The first-order chi connectivity index (χ1) is 10.9. The Hall–Kier alpha value is -1.94. The van der Waals surface area contributed by atoms with Gasteiger partial charge in [0.1, 0.15) is 11.0 Å². The molecule has 2 aromatic carbocycles. The maximum absolute atomic E-state index is 13.1. The molecule has 0 radical (unpaired) electrons. The van der Waals surface area contributed by atoms with Crippen LogP contribution in [-0.2, 0) is 21.2 Å². The monoisotopic (exact) mass is 325 g/mol. The van der Waals surface area contributed by atoms with Crippen molar-refractivity contribution in [2.75, 3.05) is 0 Å². The Balaban J connectivity index is 1.89. The van der Waals surface area contributed by atoms with Crippen LogP contribution in [0.4, 0.5) is 0 Å². The number of aryl methyl sites for hydroxylation is 3. The highest BCUT2D eigenvalue weighted by molar-refractivity contribution is 7.87. The molecule has 0 aromatic heterocycles. The Morgan fingerprint density at radius 1 is 1.13 bits per heavy atom. The minimum atomic E-state index is -1.15. The maximum atomic E-state index is 13.1. The van der Waals surface area contributed by atoms with Crippen molar-refractivity contribution in [2.24, 2.45) is 5.16 Å². The van der Waals surface area contributed by atoms with Gasteiger partial charge in [-0.3, -0.25) is 4.21 Å². The summed E-state index contributed by atoms with van der Waals surface area (Å²) in [6.07, 6.45) is 0. The molecule has 0 aliphatic carbocycles. The first-order valence-electron chi connectivity index (χ1n) is 7.78. The fraction of sp³-hybridized carbons (Fsp3) is 0.316. The molecule has 0 bridgehead atoms. The highest BCUT2D eigenvalue weighted by atomic mass is 32.2. The quantitative estimate of drug-likeness (QED) is 0.801. The summed E-state index contributed by atoms with van der Waals surface area (Å²) in [7, 11) is -1.15. The molecule has 2 aliphatic rings. The minimum absolute atomic E-state index is 0.250. The van der Waals surface area contributed by atoms with Crippen LogP contribution in [0.3, 0.4) is 0 Å². The lowest BCUT2D eigenvalue weighted by Crippen LogP contribution is -2.36. The van der Waals surface area contributed by atoms with Gasteiger partial charge in [-0.25, -0.2) is 0 Å². The van der Waals surface area contributed by atoms with E-state index in [0.29, 0.717) is 0 Å². The van der Waals surface area contributed by atoms with Gasteiger partial charge in [-0.15, -0.1) is 0 Å². The van der Waals surface area contributed by atoms with Crippen LogP contribution in [-0.4, -0.2) is 15.2 Å². The highest BCUT2D eigenvalue weighted by Gasteiger charge is 2.57. The molecule has 0 amide bonds. The fourth-order valence-corrected chi connectivity index (χ4v) is 5.83. The lowest BCUT2D eigenvalue weighted by atomic mass is 9.86. The van der Waals surface area contributed by atoms with Crippen LogP contribution in [0.25, 0.3) is 0 Å². The van der Waals surface area contributed by atoms with Crippen LogP contribution in [0.2, 0.25) is 0 Å². The summed E-state index contributed by atoms with van der Waals surface area (Å²) in [6, 6.07) is 12.1. The van der Waals surface area contributed by atoms with Crippen molar-refractivity contribution in [3.8, 4) is 0 Å². The molecule has 0 N–H and O–H groups in total. The second-order valence-electron chi connectivity index (χ2n) is 6.62. The molecule has 0 spiro atoms. The van der Waals surface area contributed by atoms with E-state index < -0.39 is 16.4 Å². The normalized spacial score (nSPS) is 28.1. The summed E-state index contributed by atoms with van der Waals surface area (Å²) in [5.41, 5.74) is 5.78. The van der Waals surface area contributed by atoms with Gasteiger partial charge in [0.25, 0.3) is 0 Å². The largest absolute Gasteiger partial charge is 0.383 e. The summed E-state index contributed by atoms with van der Waals surface area (Å²) in [4.78, 5) is 6.73. The zero-order valence-electron chi connectivity index (χ0n) is 13.7. The van der Waals surface area contributed by atoms with Gasteiger partial charge < -0.3 is 4.84 Å². The molecule has 0 fully saturated rings. The van der Waals surface area contributed by atoms with Crippen molar-refractivity contribution in [3.63, 3.8) is 0 Å². The zero-order valence-corrected chi connectivity index (χ0v) is 14.5. The summed E-state index contributed by atoms with van der Waals surface area (Å²) < 4.78 is 13.1. The Bertz CT molecular complexity index is 864. The van der Waals surface area contributed by atoms with Gasteiger partial charge in [0.2, 0.25) is 0 Å². The SMILES string of the molecule is Cc1cc(C)c(C2=NOC3(C)c4ccccc4S(=O)[C@H]23)c(C)c1. The topological polar surface area (TPSA) is 38.7 Å². The number of hydrogen-bond donors (Lipinski definition) is 0. The third-order valence-electron chi connectivity index (χ3n) is 4.87. The first kappa shape index (κ1) is 14.6. The minimum Gasteiger partial charge on any atom is -0.383 e. The highest BCUT2D eigenvalue weighted by Crippen LogP contribution is 2.48. The maximum Gasteiger partial charge on any atom is 0.181 e. The lowest BCUT2D eigenvalue weighted by molar-refractivity contribution is -0.00347. The van der Waals surface area contributed by atoms with Crippen LogP contribution < -0.4 is 0 Å². The molecule has 2 heterocycles. The van der Waals surface area contributed by atoms with Crippen molar-refractivity contribution in [1.29, 1.82) is 0 Å². The standard InChI is InChI=1S/C19H19NO2S/c1-11-9-12(2)16(13(3)10-11)17-18-19(4,22-20-17)14-7-5-6-8-15(14)23(18)21/h5-10,18H,1-4H3/t18-,19?,23?/m1/s1. The molecule has 2 unspecified atom stereocenters. The third-order valence-corrected chi connectivity index (χ3v) is 6.76. The van der Waals surface area contributed by atoms with Crippen LogP contribution in [0.1, 0.15) is 34.7 Å². The number of rotatable bonds is 1. The predicted molar refractivity (Wildman–Crippen MR) is 92.3 cm³/mol. The Kier molecular flexibility index (Phi) is 3.04. The van der Waals surface area contributed by atoms with E-state index in [1.807, 2.05) is 31.2 Å². The van der Waals surface area contributed by atoms with Crippen molar-refractivity contribution >= 4 is 16.5 Å². The van der Waals surface area contributed by atoms with E-state index in [2.05, 4.69) is 38.1 Å². The zero-order chi connectivity index (χ0) is 16.4. The predicted octanol–water partition coefficient (Wildman–Crippen LogP) is 3.75. The Labute approximate surface area is 138 Å². The van der Waals surface area contributed by atoms with Crippen molar-refractivity contribution < 1.29 is 9.05 Å². The van der Waals surface area contributed by atoms with Gasteiger partial charge in [0.15, 0.2) is 5.60 Å². The summed E-state index contributed by atoms with van der Waals surface area (Å²) >= 11 is 0. The Morgan fingerprint density at radius 2 is 1.78 bits per heavy atom. The first-order valence-corrected chi connectivity index (χ1v) is 8.99. The van der Waals surface area contributed by atoms with Crippen LogP contribution in [0.5, 0.6) is 0 Å².